The standard InChI is InChI=1S/C17H19N3O5/c1-9-5-6-11(10(2)7-9)16(23)25-8-12(21)13-14(18)19(3)17(24)20(4)15(13)22/h5-7H,8,18H2,1-4H3. The number of carbonyl (C=O) groups is 2. The topological polar surface area (TPSA) is 113 Å². The first kappa shape index (κ1) is 18.2. The van der Waals surface area contributed by atoms with Gasteiger partial charge in [0, 0.05) is 14.1 Å². The van der Waals surface area contributed by atoms with Gasteiger partial charge in [0.15, 0.2) is 6.61 Å². The van der Waals surface area contributed by atoms with Gasteiger partial charge >= 0.3 is 11.7 Å². The fourth-order valence-electron chi connectivity index (χ4n) is 2.45. The van der Waals surface area contributed by atoms with E-state index in [9.17, 15) is 19.2 Å². The Morgan fingerprint density at radius 2 is 1.76 bits per heavy atom. The van der Waals surface area contributed by atoms with Crippen LogP contribution in [0, 0.1) is 13.8 Å². The number of aryl methyl sites for hydroxylation is 2. The highest BCUT2D eigenvalue weighted by Crippen LogP contribution is 2.12. The van der Waals surface area contributed by atoms with E-state index in [2.05, 4.69) is 0 Å². The van der Waals surface area contributed by atoms with E-state index in [-0.39, 0.29) is 11.4 Å². The summed E-state index contributed by atoms with van der Waals surface area (Å²) >= 11 is 0. The SMILES string of the molecule is Cc1ccc(C(=O)OCC(=O)c2c(N)n(C)c(=O)n(C)c2=O)c(C)c1. The number of hydrogen-bond acceptors (Lipinski definition) is 6. The van der Waals surface area contributed by atoms with Crippen molar-refractivity contribution in [1.29, 1.82) is 0 Å². The van der Waals surface area contributed by atoms with Gasteiger partial charge in [-0.15, -0.1) is 0 Å². The van der Waals surface area contributed by atoms with Crippen LogP contribution in [0.5, 0.6) is 0 Å². The van der Waals surface area contributed by atoms with Gasteiger partial charge in [0.2, 0.25) is 5.78 Å². The van der Waals surface area contributed by atoms with Crippen LogP contribution >= 0.6 is 0 Å². The van der Waals surface area contributed by atoms with Crippen molar-refractivity contribution in [2.75, 3.05) is 12.3 Å². The first-order valence-electron chi connectivity index (χ1n) is 7.48. The fourth-order valence-corrected chi connectivity index (χ4v) is 2.45. The van der Waals surface area contributed by atoms with Gasteiger partial charge in [0.1, 0.15) is 11.4 Å². The Labute approximate surface area is 143 Å². The predicted molar refractivity (Wildman–Crippen MR) is 91.9 cm³/mol. The zero-order chi connectivity index (χ0) is 18.9. The van der Waals surface area contributed by atoms with E-state index in [0.717, 1.165) is 20.3 Å². The average Bonchev–Trinajstić information content (AvgIpc) is 2.56. The van der Waals surface area contributed by atoms with Gasteiger partial charge in [-0.1, -0.05) is 17.7 Å². The van der Waals surface area contributed by atoms with Crippen LogP contribution in [0.25, 0.3) is 0 Å². The van der Waals surface area contributed by atoms with E-state index in [1.165, 1.54) is 14.1 Å². The highest BCUT2D eigenvalue weighted by molar-refractivity contribution is 6.02. The molecule has 132 valence electrons. The summed E-state index contributed by atoms with van der Waals surface area (Å²) in [5.74, 6) is -1.71. The summed E-state index contributed by atoms with van der Waals surface area (Å²) in [5, 5.41) is 0. The summed E-state index contributed by atoms with van der Waals surface area (Å²) in [6.45, 7) is 3.00. The zero-order valence-corrected chi connectivity index (χ0v) is 14.5. The van der Waals surface area contributed by atoms with Crippen LogP contribution < -0.4 is 17.0 Å². The Balaban J connectivity index is 2.26. The van der Waals surface area contributed by atoms with E-state index in [1.807, 2.05) is 13.0 Å². The molecule has 2 aromatic rings. The Hall–Kier alpha value is -3.16. The minimum atomic E-state index is -0.826. The van der Waals surface area contributed by atoms with Gasteiger partial charge in [0.05, 0.1) is 5.56 Å². The van der Waals surface area contributed by atoms with E-state index >= 15 is 0 Å². The van der Waals surface area contributed by atoms with Crippen molar-refractivity contribution < 1.29 is 14.3 Å². The van der Waals surface area contributed by atoms with E-state index in [1.54, 1.807) is 19.1 Å². The van der Waals surface area contributed by atoms with Gasteiger partial charge in [-0.3, -0.25) is 18.7 Å². The second-order valence-corrected chi connectivity index (χ2v) is 5.78. The molecule has 0 unspecified atom stereocenters. The Kier molecular flexibility index (Phi) is 4.92. The number of ether oxygens (including phenoxy) is 1. The largest absolute Gasteiger partial charge is 0.454 e. The number of benzene rings is 1. The maximum absolute atomic E-state index is 12.3. The number of Topliss-reactive ketones (excluding diaryl/α,β-unsaturated/α-hetero) is 1. The molecular weight excluding hydrogens is 326 g/mol. The van der Waals surface area contributed by atoms with Crippen LogP contribution in [0.3, 0.4) is 0 Å². The molecule has 0 aliphatic heterocycles. The second kappa shape index (κ2) is 6.76. The molecule has 2 rings (SSSR count). The van der Waals surface area contributed by atoms with Crippen molar-refractivity contribution in [3.8, 4) is 0 Å². The molecule has 2 N–H and O–H groups in total. The molecule has 0 saturated heterocycles. The van der Waals surface area contributed by atoms with E-state index < -0.39 is 29.6 Å². The van der Waals surface area contributed by atoms with Crippen molar-refractivity contribution in [2.24, 2.45) is 14.1 Å². The molecule has 8 heteroatoms. The first-order chi connectivity index (χ1) is 11.6. The lowest BCUT2D eigenvalue weighted by molar-refractivity contribution is 0.0473. The molecular formula is C17H19N3O5. The lowest BCUT2D eigenvalue weighted by Crippen LogP contribution is -2.42. The van der Waals surface area contributed by atoms with Crippen molar-refractivity contribution in [3.05, 3.63) is 61.3 Å². The van der Waals surface area contributed by atoms with Crippen LogP contribution in [-0.2, 0) is 18.8 Å². The molecule has 1 aromatic heterocycles. The number of nitrogens with two attached hydrogens (primary N) is 1. The highest BCUT2D eigenvalue weighted by Gasteiger charge is 2.22. The Morgan fingerprint density at radius 1 is 1.12 bits per heavy atom. The zero-order valence-electron chi connectivity index (χ0n) is 14.5. The van der Waals surface area contributed by atoms with Crippen LogP contribution in [-0.4, -0.2) is 27.5 Å². The van der Waals surface area contributed by atoms with Crippen molar-refractivity contribution in [1.82, 2.24) is 9.13 Å². The number of ketones is 1. The van der Waals surface area contributed by atoms with Gasteiger partial charge in [0.25, 0.3) is 5.56 Å². The molecule has 25 heavy (non-hydrogen) atoms. The average molecular weight is 345 g/mol. The molecule has 0 saturated carbocycles. The lowest BCUT2D eigenvalue weighted by Gasteiger charge is -2.11. The van der Waals surface area contributed by atoms with Crippen LogP contribution in [0.1, 0.15) is 31.8 Å². The number of carbonyl (C=O) groups excluding carboxylic acids is 2. The quantitative estimate of drug-likeness (QED) is 0.631. The summed E-state index contributed by atoms with van der Waals surface area (Å²) in [5.41, 5.74) is 5.89. The Morgan fingerprint density at radius 3 is 2.36 bits per heavy atom. The van der Waals surface area contributed by atoms with Crippen molar-refractivity contribution in [3.63, 3.8) is 0 Å². The van der Waals surface area contributed by atoms with Gasteiger partial charge in [-0.25, -0.2) is 9.59 Å². The minimum Gasteiger partial charge on any atom is -0.454 e. The molecule has 0 spiro atoms. The highest BCUT2D eigenvalue weighted by atomic mass is 16.5. The monoisotopic (exact) mass is 345 g/mol. The number of rotatable bonds is 4. The number of hydrogen-bond donors (Lipinski definition) is 1. The summed E-state index contributed by atoms with van der Waals surface area (Å²) in [7, 11) is 2.58. The van der Waals surface area contributed by atoms with Crippen LogP contribution in [0.15, 0.2) is 27.8 Å². The number of anilines is 1. The third-order valence-corrected chi connectivity index (χ3v) is 3.92. The molecule has 0 amide bonds. The molecule has 0 aliphatic carbocycles. The molecule has 0 fully saturated rings. The van der Waals surface area contributed by atoms with Crippen molar-refractivity contribution >= 4 is 17.6 Å². The normalized spacial score (nSPS) is 10.6. The first-order valence-corrected chi connectivity index (χ1v) is 7.48. The van der Waals surface area contributed by atoms with Gasteiger partial charge < -0.3 is 10.5 Å². The van der Waals surface area contributed by atoms with E-state index in [4.69, 9.17) is 10.5 Å². The maximum Gasteiger partial charge on any atom is 0.338 e. The summed E-state index contributed by atoms with van der Waals surface area (Å²) < 4.78 is 6.77. The number of nitrogens with zero attached hydrogens (tertiary/aromatic N) is 2. The third kappa shape index (κ3) is 3.37. The summed E-state index contributed by atoms with van der Waals surface area (Å²) in [6.07, 6.45) is 0. The van der Waals surface area contributed by atoms with E-state index in [0.29, 0.717) is 5.56 Å². The lowest BCUT2D eigenvalue weighted by atomic mass is 10.1. The minimum absolute atomic E-state index is 0.263. The smallest absolute Gasteiger partial charge is 0.338 e. The number of aromatic nitrogens is 2. The predicted octanol–water partition coefficient (Wildman–Crippen LogP) is 0.323. The van der Waals surface area contributed by atoms with Crippen molar-refractivity contribution in [2.45, 2.75) is 13.8 Å². The Bertz CT molecular complexity index is 985. The molecule has 0 atom stereocenters. The molecule has 0 aliphatic rings. The fraction of sp³-hybridized carbons (Fsp3) is 0.294. The summed E-state index contributed by atoms with van der Waals surface area (Å²) in [6, 6.07) is 5.18. The number of nitrogen functional groups attached to an aromatic ring is 1. The molecule has 1 aromatic carbocycles. The third-order valence-electron chi connectivity index (χ3n) is 3.92. The van der Waals surface area contributed by atoms with Crippen LogP contribution in [0.4, 0.5) is 5.82 Å². The maximum atomic E-state index is 12.3. The number of esters is 1. The summed E-state index contributed by atoms with van der Waals surface area (Å²) in [4.78, 5) is 48.3. The molecule has 0 bridgehead atoms. The van der Waals surface area contributed by atoms with Gasteiger partial charge in [-0.05, 0) is 25.5 Å². The second-order valence-electron chi connectivity index (χ2n) is 5.78. The molecule has 1 heterocycles. The molecule has 0 radical (unpaired) electrons. The van der Waals surface area contributed by atoms with Crippen LogP contribution in [0.2, 0.25) is 0 Å². The molecule has 8 nitrogen and oxygen atoms in total. The van der Waals surface area contributed by atoms with Gasteiger partial charge in [-0.2, -0.15) is 0 Å².